The lowest BCUT2D eigenvalue weighted by atomic mass is 10.1. The highest BCUT2D eigenvalue weighted by Crippen LogP contribution is 2.30. The molecule has 0 N–H and O–H groups in total. The number of carbonyl (C=O) groups excluding carboxylic acids is 1. The Balaban J connectivity index is 1.91. The van der Waals surface area contributed by atoms with Gasteiger partial charge in [0.15, 0.2) is 6.10 Å². The van der Waals surface area contributed by atoms with E-state index in [4.69, 9.17) is 9.47 Å². The monoisotopic (exact) mass is 356 g/mol. The lowest BCUT2D eigenvalue weighted by Crippen LogP contribution is -2.38. The fraction of sp³-hybridized carbons (Fsp3) is 0.316. The van der Waals surface area contributed by atoms with E-state index in [1.54, 1.807) is 18.1 Å². The van der Waals surface area contributed by atoms with Gasteiger partial charge in [0.1, 0.15) is 11.5 Å². The largest absolute Gasteiger partial charge is 0.497 e. The highest BCUT2D eigenvalue weighted by atomic mass is 16.6. The smallest absolute Gasteiger partial charge is 0.270 e. The lowest BCUT2D eigenvalue weighted by Gasteiger charge is -2.23. The van der Waals surface area contributed by atoms with Crippen molar-refractivity contribution >= 4 is 11.6 Å². The maximum Gasteiger partial charge on any atom is 0.270 e. The van der Waals surface area contributed by atoms with Gasteiger partial charge in [-0.2, -0.15) is 0 Å². The molecule has 0 saturated carbocycles. The molecule has 136 valence electrons. The number of hydrogen-bond donors (Lipinski definition) is 0. The van der Waals surface area contributed by atoms with Gasteiger partial charge in [-0.15, -0.1) is 0 Å². The van der Waals surface area contributed by atoms with Gasteiger partial charge in [0.2, 0.25) is 0 Å². The average Bonchev–Trinajstić information content (AvgIpc) is 2.78. The minimum absolute atomic E-state index is 0.0147. The molecule has 1 aliphatic heterocycles. The summed E-state index contributed by atoms with van der Waals surface area (Å²) in [5.74, 6) is 1.14. The van der Waals surface area contributed by atoms with Crippen molar-refractivity contribution in [2.45, 2.75) is 32.5 Å². The number of rotatable bonds is 5. The predicted octanol–water partition coefficient (Wildman–Crippen LogP) is 3.30. The van der Waals surface area contributed by atoms with Crippen LogP contribution in [-0.4, -0.2) is 28.9 Å². The summed E-state index contributed by atoms with van der Waals surface area (Å²) >= 11 is 0. The summed E-state index contributed by atoms with van der Waals surface area (Å²) in [6, 6.07) is 11.9. The molecule has 1 amide bonds. The molecule has 0 fully saturated rings. The summed E-state index contributed by atoms with van der Waals surface area (Å²) in [7, 11) is 1.60. The number of nitro groups is 1. The van der Waals surface area contributed by atoms with Crippen molar-refractivity contribution in [3.8, 4) is 11.5 Å². The normalized spacial score (nSPS) is 16.5. The van der Waals surface area contributed by atoms with Crippen molar-refractivity contribution in [3.05, 3.63) is 63.7 Å². The first-order chi connectivity index (χ1) is 12.5. The van der Waals surface area contributed by atoms with Gasteiger partial charge in [-0.05, 0) is 30.2 Å². The van der Waals surface area contributed by atoms with E-state index in [0.29, 0.717) is 24.3 Å². The first-order valence-corrected chi connectivity index (χ1v) is 8.37. The van der Waals surface area contributed by atoms with Crippen molar-refractivity contribution in [1.82, 2.24) is 4.90 Å². The van der Waals surface area contributed by atoms with Gasteiger partial charge >= 0.3 is 0 Å². The van der Waals surface area contributed by atoms with Crippen LogP contribution < -0.4 is 9.47 Å². The zero-order valence-electron chi connectivity index (χ0n) is 14.7. The van der Waals surface area contributed by atoms with E-state index in [1.165, 1.54) is 12.1 Å². The standard InChI is InChI=1S/C19H20N2O5/c1-3-17-19(22)20(11-13-4-7-16(25-2)8-5-13)12-14-10-15(21(23)24)6-9-18(14)26-17/h4-10,17H,3,11-12H2,1-2H3. The number of hydrogen-bond acceptors (Lipinski definition) is 5. The van der Waals surface area contributed by atoms with Crippen LogP contribution in [0.15, 0.2) is 42.5 Å². The van der Waals surface area contributed by atoms with Crippen molar-refractivity contribution < 1.29 is 19.2 Å². The molecule has 0 radical (unpaired) electrons. The summed E-state index contributed by atoms with van der Waals surface area (Å²) in [5, 5.41) is 11.1. The number of methoxy groups -OCH3 is 1. The van der Waals surface area contributed by atoms with Gasteiger partial charge < -0.3 is 14.4 Å². The van der Waals surface area contributed by atoms with Gasteiger partial charge in [0.05, 0.1) is 18.6 Å². The van der Waals surface area contributed by atoms with E-state index in [9.17, 15) is 14.9 Å². The van der Waals surface area contributed by atoms with Gasteiger partial charge in [-0.3, -0.25) is 14.9 Å². The summed E-state index contributed by atoms with van der Waals surface area (Å²) in [5.41, 5.74) is 1.57. The fourth-order valence-corrected chi connectivity index (χ4v) is 2.95. The van der Waals surface area contributed by atoms with Crippen molar-refractivity contribution in [2.75, 3.05) is 7.11 Å². The van der Waals surface area contributed by atoms with E-state index in [-0.39, 0.29) is 18.1 Å². The number of amides is 1. The minimum atomic E-state index is -0.601. The molecule has 1 atom stereocenters. The molecule has 1 unspecified atom stereocenters. The number of ether oxygens (including phenoxy) is 2. The predicted molar refractivity (Wildman–Crippen MR) is 95.1 cm³/mol. The van der Waals surface area contributed by atoms with Gasteiger partial charge in [0.25, 0.3) is 11.6 Å². The maximum absolute atomic E-state index is 12.8. The second-order valence-corrected chi connectivity index (χ2v) is 6.11. The van der Waals surface area contributed by atoms with Crippen LogP contribution in [0, 0.1) is 10.1 Å². The molecule has 0 spiro atoms. The molecule has 3 rings (SSSR count). The molecule has 0 aromatic heterocycles. The molecule has 26 heavy (non-hydrogen) atoms. The molecule has 2 aromatic rings. The zero-order valence-corrected chi connectivity index (χ0v) is 14.7. The Morgan fingerprint density at radius 3 is 2.62 bits per heavy atom. The first-order valence-electron chi connectivity index (χ1n) is 8.37. The summed E-state index contributed by atoms with van der Waals surface area (Å²) < 4.78 is 11.0. The van der Waals surface area contributed by atoms with Gasteiger partial charge in [-0.1, -0.05) is 19.1 Å². The van der Waals surface area contributed by atoms with Crippen LogP contribution >= 0.6 is 0 Å². The van der Waals surface area contributed by atoms with E-state index < -0.39 is 11.0 Å². The van der Waals surface area contributed by atoms with Crippen LogP contribution in [0.5, 0.6) is 11.5 Å². The molecule has 7 heteroatoms. The molecular weight excluding hydrogens is 336 g/mol. The number of carbonyl (C=O) groups is 1. The third kappa shape index (κ3) is 3.61. The van der Waals surface area contributed by atoms with Crippen LogP contribution in [0.2, 0.25) is 0 Å². The van der Waals surface area contributed by atoms with Gasteiger partial charge in [-0.25, -0.2) is 0 Å². The molecule has 0 aliphatic carbocycles. The lowest BCUT2D eigenvalue weighted by molar-refractivity contribution is -0.384. The Labute approximate surface area is 151 Å². The summed E-state index contributed by atoms with van der Waals surface area (Å²) in [4.78, 5) is 25.1. The summed E-state index contributed by atoms with van der Waals surface area (Å²) in [6.45, 7) is 2.54. The Morgan fingerprint density at radius 1 is 1.27 bits per heavy atom. The van der Waals surface area contributed by atoms with E-state index in [2.05, 4.69) is 0 Å². The molecule has 7 nitrogen and oxygen atoms in total. The highest BCUT2D eigenvalue weighted by molar-refractivity contribution is 5.82. The second kappa shape index (κ2) is 7.43. The van der Waals surface area contributed by atoms with Crippen LogP contribution in [0.25, 0.3) is 0 Å². The number of benzene rings is 2. The van der Waals surface area contributed by atoms with Crippen LogP contribution in [0.4, 0.5) is 5.69 Å². The third-order valence-corrected chi connectivity index (χ3v) is 4.38. The quantitative estimate of drug-likeness (QED) is 0.606. The highest BCUT2D eigenvalue weighted by Gasteiger charge is 2.30. The maximum atomic E-state index is 12.8. The Morgan fingerprint density at radius 2 is 2.00 bits per heavy atom. The van der Waals surface area contributed by atoms with Crippen LogP contribution in [0.3, 0.4) is 0 Å². The van der Waals surface area contributed by atoms with Crippen molar-refractivity contribution in [2.24, 2.45) is 0 Å². The molecule has 2 aromatic carbocycles. The van der Waals surface area contributed by atoms with Crippen LogP contribution in [-0.2, 0) is 17.9 Å². The number of nitrogens with zero attached hydrogens (tertiary/aromatic N) is 2. The summed E-state index contributed by atoms with van der Waals surface area (Å²) in [6.07, 6.45) is -0.0788. The zero-order chi connectivity index (χ0) is 18.7. The SMILES string of the molecule is CCC1Oc2ccc([N+](=O)[O-])cc2CN(Cc2ccc(OC)cc2)C1=O. The number of non-ortho nitro benzene ring substituents is 1. The Bertz CT molecular complexity index is 819. The molecule has 0 bridgehead atoms. The third-order valence-electron chi connectivity index (χ3n) is 4.38. The second-order valence-electron chi connectivity index (χ2n) is 6.11. The molecule has 1 heterocycles. The molecule has 0 saturated heterocycles. The number of fused-ring (bicyclic) bond motifs is 1. The molecule has 1 aliphatic rings. The van der Waals surface area contributed by atoms with Gasteiger partial charge in [0, 0.05) is 24.2 Å². The number of nitro benzene ring substituents is 1. The minimum Gasteiger partial charge on any atom is -0.497 e. The molecular formula is C19H20N2O5. The van der Waals surface area contributed by atoms with Crippen molar-refractivity contribution in [1.29, 1.82) is 0 Å². The topological polar surface area (TPSA) is 81.9 Å². The van der Waals surface area contributed by atoms with Crippen LogP contribution in [0.1, 0.15) is 24.5 Å². The Hall–Kier alpha value is -3.09. The average molecular weight is 356 g/mol. The van der Waals surface area contributed by atoms with E-state index in [1.807, 2.05) is 31.2 Å². The van der Waals surface area contributed by atoms with E-state index in [0.717, 1.165) is 11.3 Å². The van der Waals surface area contributed by atoms with Crippen molar-refractivity contribution in [3.63, 3.8) is 0 Å². The Kier molecular flexibility index (Phi) is 5.06. The van der Waals surface area contributed by atoms with E-state index >= 15 is 0 Å². The fourth-order valence-electron chi connectivity index (χ4n) is 2.95. The first kappa shape index (κ1) is 17.7.